The van der Waals surface area contributed by atoms with E-state index < -0.39 is 0 Å². The summed E-state index contributed by atoms with van der Waals surface area (Å²) in [5.41, 5.74) is 13.1. The van der Waals surface area contributed by atoms with Crippen LogP contribution in [0.2, 0.25) is 0 Å². The monoisotopic (exact) mass is 671 g/mol. The van der Waals surface area contributed by atoms with E-state index in [1.807, 2.05) is 18.5 Å². The summed E-state index contributed by atoms with van der Waals surface area (Å²) in [6.07, 6.45) is 12.1. The molecule has 1 fully saturated rings. The van der Waals surface area contributed by atoms with Gasteiger partial charge in [-0.15, -0.1) is 0 Å². The van der Waals surface area contributed by atoms with E-state index in [0.717, 1.165) is 90.6 Å². The SMILES string of the molecule is C=C/C1=C(CNCC(C)CCC(=C)C(C)C)/N=C\C(=C)c2cccc(-c3cccc(C(/C=N\CN4CCCC(C)C4)=N/C(=C)CC)c3C)c2C1. The molecule has 2 heterocycles. The predicted molar refractivity (Wildman–Crippen MR) is 220 cm³/mol. The summed E-state index contributed by atoms with van der Waals surface area (Å²) in [6.45, 7) is 35.0. The van der Waals surface area contributed by atoms with E-state index in [0.29, 0.717) is 25.0 Å². The van der Waals surface area contributed by atoms with Crippen molar-refractivity contribution in [2.75, 3.05) is 32.8 Å². The van der Waals surface area contributed by atoms with Crippen LogP contribution in [0.5, 0.6) is 0 Å². The zero-order chi connectivity index (χ0) is 36.2. The Labute approximate surface area is 303 Å². The van der Waals surface area contributed by atoms with E-state index in [-0.39, 0.29) is 0 Å². The zero-order valence-corrected chi connectivity index (χ0v) is 31.8. The first-order valence-corrected chi connectivity index (χ1v) is 18.7. The number of rotatable bonds is 16. The number of nitrogens with one attached hydrogen (secondary N) is 1. The minimum absolute atomic E-state index is 0.537. The van der Waals surface area contributed by atoms with Gasteiger partial charge in [0.2, 0.25) is 0 Å². The second kappa shape index (κ2) is 18.9. The van der Waals surface area contributed by atoms with Crippen molar-refractivity contribution in [1.82, 2.24) is 10.2 Å². The molecule has 0 aromatic heterocycles. The highest BCUT2D eigenvalue weighted by molar-refractivity contribution is 6.39. The van der Waals surface area contributed by atoms with Gasteiger partial charge < -0.3 is 5.32 Å². The van der Waals surface area contributed by atoms with E-state index >= 15 is 0 Å². The number of benzene rings is 2. The van der Waals surface area contributed by atoms with Crippen LogP contribution in [0.1, 0.15) is 89.0 Å². The summed E-state index contributed by atoms with van der Waals surface area (Å²) in [7, 11) is 0. The third-order valence-corrected chi connectivity index (χ3v) is 10.3. The first-order valence-electron chi connectivity index (χ1n) is 18.7. The summed E-state index contributed by atoms with van der Waals surface area (Å²) < 4.78 is 0. The summed E-state index contributed by atoms with van der Waals surface area (Å²) in [5.74, 6) is 1.81. The van der Waals surface area contributed by atoms with Crippen molar-refractivity contribution in [3.63, 3.8) is 0 Å². The van der Waals surface area contributed by atoms with E-state index in [1.54, 1.807) is 0 Å². The topological polar surface area (TPSA) is 52.4 Å². The van der Waals surface area contributed by atoms with Crippen molar-refractivity contribution in [3.8, 4) is 11.1 Å². The van der Waals surface area contributed by atoms with E-state index in [2.05, 4.69) is 114 Å². The highest BCUT2D eigenvalue weighted by Gasteiger charge is 2.20. The number of nitrogens with zero attached hydrogens (tertiary/aromatic N) is 4. The van der Waals surface area contributed by atoms with Crippen LogP contribution < -0.4 is 5.32 Å². The molecule has 0 amide bonds. The molecule has 0 bridgehead atoms. The molecular formula is C45H61N5. The number of piperidine rings is 1. The van der Waals surface area contributed by atoms with E-state index in [1.165, 1.54) is 40.7 Å². The van der Waals surface area contributed by atoms with Gasteiger partial charge in [-0.2, -0.15) is 0 Å². The molecule has 5 heteroatoms. The number of hydrogen-bond acceptors (Lipinski definition) is 5. The van der Waals surface area contributed by atoms with Gasteiger partial charge in [0.1, 0.15) is 0 Å². The minimum Gasteiger partial charge on any atom is -0.311 e. The third kappa shape index (κ3) is 10.5. The highest BCUT2D eigenvalue weighted by Crippen LogP contribution is 2.36. The molecule has 2 aromatic rings. The molecule has 2 aromatic carbocycles. The maximum Gasteiger partial charge on any atom is 0.0910 e. The number of allylic oxidation sites excluding steroid dienone is 5. The van der Waals surface area contributed by atoms with Gasteiger partial charge in [-0.05, 0) is 109 Å². The molecule has 0 spiro atoms. The number of fused-ring (bicyclic) bond motifs is 1. The van der Waals surface area contributed by atoms with Gasteiger partial charge in [-0.25, -0.2) is 0 Å². The van der Waals surface area contributed by atoms with Gasteiger partial charge >= 0.3 is 0 Å². The van der Waals surface area contributed by atoms with Crippen molar-refractivity contribution < 1.29 is 0 Å². The second-order valence-electron chi connectivity index (χ2n) is 14.7. The van der Waals surface area contributed by atoms with Crippen molar-refractivity contribution in [2.24, 2.45) is 32.7 Å². The molecule has 2 unspecified atom stereocenters. The number of aliphatic imine (C=N–C) groups is 3. The van der Waals surface area contributed by atoms with Gasteiger partial charge in [0.05, 0.1) is 18.1 Å². The van der Waals surface area contributed by atoms with Crippen molar-refractivity contribution >= 4 is 23.7 Å². The van der Waals surface area contributed by atoms with Crippen LogP contribution in [0.3, 0.4) is 0 Å². The van der Waals surface area contributed by atoms with Crippen LogP contribution in [-0.2, 0) is 6.42 Å². The van der Waals surface area contributed by atoms with E-state index in [4.69, 9.17) is 15.0 Å². The molecule has 0 aliphatic carbocycles. The minimum atomic E-state index is 0.537. The van der Waals surface area contributed by atoms with Crippen LogP contribution in [0.15, 0.2) is 106 Å². The third-order valence-electron chi connectivity index (χ3n) is 10.3. The summed E-state index contributed by atoms with van der Waals surface area (Å²) in [4.78, 5) is 17.3. The molecule has 1 saturated heterocycles. The fourth-order valence-electron chi connectivity index (χ4n) is 6.81. The average Bonchev–Trinajstić information content (AvgIpc) is 3.10. The predicted octanol–water partition coefficient (Wildman–Crippen LogP) is 10.4. The quantitative estimate of drug-likeness (QED) is 0.143. The highest BCUT2D eigenvalue weighted by atomic mass is 15.2. The van der Waals surface area contributed by atoms with Gasteiger partial charge in [0, 0.05) is 43.2 Å². The molecular weight excluding hydrogens is 611 g/mol. The first kappa shape index (κ1) is 38.9. The molecule has 266 valence electrons. The smallest absolute Gasteiger partial charge is 0.0910 e. The standard InChI is InChI=1S/C45H61N5/c1-11-36(9)49-45(28-47-30-50-23-15-16-33(6)29-50)41-19-14-18-40(37(41)10)42-20-13-17-39-35(8)26-48-44(38(12-2)24-43(39)42)27-46-25-32(5)21-22-34(7)31(3)4/h12-14,17-20,26,28,31-33,46H,2,7-9,11,15-16,21-25,27,29-30H2,1,3-6,10H3/b44-38-,47-28-,48-26-,49-45+. The van der Waals surface area contributed by atoms with Crippen LogP contribution in [0, 0.1) is 24.7 Å². The second-order valence-corrected chi connectivity index (χ2v) is 14.7. The molecule has 0 saturated carbocycles. The van der Waals surface area contributed by atoms with Crippen LogP contribution in [-0.4, -0.2) is 55.9 Å². The van der Waals surface area contributed by atoms with Crippen molar-refractivity contribution in [3.05, 3.63) is 114 Å². The Morgan fingerprint density at radius 3 is 2.56 bits per heavy atom. The zero-order valence-electron chi connectivity index (χ0n) is 31.8. The Kier molecular flexibility index (Phi) is 14.7. The molecule has 2 aliphatic heterocycles. The molecule has 4 rings (SSSR count). The van der Waals surface area contributed by atoms with Crippen molar-refractivity contribution in [2.45, 2.75) is 80.1 Å². The number of hydrogen-bond donors (Lipinski definition) is 1. The Morgan fingerprint density at radius 1 is 1.10 bits per heavy atom. The normalized spacial score (nSPS) is 20.0. The molecule has 2 atom stereocenters. The van der Waals surface area contributed by atoms with Gasteiger partial charge in [-0.1, -0.05) is 109 Å². The fourth-order valence-corrected chi connectivity index (χ4v) is 6.81. The summed E-state index contributed by atoms with van der Waals surface area (Å²) in [5, 5.41) is 3.68. The lowest BCUT2D eigenvalue weighted by molar-refractivity contribution is 0.189. The number of likely N-dealkylation sites (tertiary alicyclic amines) is 1. The summed E-state index contributed by atoms with van der Waals surface area (Å²) in [6, 6.07) is 13.0. The molecule has 5 nitrogen and oxygen atoms in total. The summed E-state index contributed by atoms with van der Waals surface area (Å²) >= 11 is 0. The average molecular weight is 672 g/mol. The maximum absolute atomic E-state index is 4.98. The van der Waals surface area contributed by atoms with Gasteiger partial charge in [0.25, 0.3) is 0 Å². The maximum atomic E-state index is 4.98. The Hall–Kier alpha value is -3.93. The van der Waals surface area contributed by atoms with Gasteiger partial charge in [0.15, 0.2) is 0 Å². The molecule has 0 radical (unpaired) electrons. The van der Waals surface area contributed by atoms with Crippen LogP contribution in [0.25, 0.3) is 16.7 Å². The van der Waals surface area contributed by atoms with E-state index in [9.17, 15) is 0 Å². The van der Waals surface area contributed by atoms with Gasteiger partial charge in [-0.3, -0.25) is 19.9 Å². The van der Waals surface area contributed by atoms with Crippen LogP contribution in [0.4, 0.5) is 0 Å². The Bertz CT molecular complexity index is 1670. The molecule has 50 heavy (non-hydrogen) atoms. The molecule has 2 aliphatic rings. The van der Waals surface area contributed by atoms with Crippen LogP contribution >= 0.6 is 0 Å². The Morgan fingerprint density at radius 2 is 1.84 bits per heavy atom. The molecule has 1 N–H and O–H groups in total. The largest absolute Gasteiger partial charge is 0.311 e. The Balaban J connectivity index is 1.63. The lowest BCUT2D eigenvalue weighted by atomic mass is 9.85. The first-order chi connectivity index (χ1) is 24.0. The lowest BCUT2D eigenvalue weighted by Crippen LogP contribution is -2.34. The fraction of sp³-hybridized carbons (Fsp3) is 0.444. The lowest BCUT2D eigenvalue weighted by Gasteiger charge is -2.29. The van der Waals surface area contributed by atoms with Crippen molar-refractivity contribution in [1.29, 1.82) is 0 Å².